The molecule has 0 radical (unpaired) electrons. The molecule has 2 aromatic rings. The highest BCUT2D eigenvalue weighted by Crippen LogP contribution is 2.14. The van der Waals surface area contributed by atoms with Crippen LogP contribution in [0.1, 0.15) is 12.0 Å². The molecule has 2 amide bonds. The Kier molecular flexibility index (Phi) is 6.69. The van der Waals surface area contributed by atoms with Crippen LogP contribution in [0.15, 0.2) is 59.7 Å². The fourth-order valence-corrected chi connectivity index (χ4v) is 3.82. The van der Waals surface area contributed by atoms with Gasteiger partial charge in [0.1, 0.15) is 5.82 Å². The van der Waals surface area contributed by atoms with E-state index in [1.54, 1.807) is 17.1 Å². The first-order valence-electron chi connectivity index (χ1n) is 10.5. The van der Waals surface area contributed by atoms with E-state index in [9.17, 15) is 14.0 Å². The quantitative estimate of drug-likeness (QED) is 0.772. The van der Waals surface area contributed by atoms with Gasteiger partial charge in [0.05, 0.1) is 25.3 Å². The monoisotopic (exact) mass is 423 g/mol. The van der Waals surface area contributed by atoms with Gasteiger partial charge in [-0.3, -0.25) is 19.4 Å². The molecule has 1 N–H and O–H groups in total. The topological polar surface area (TPSA) is 68.2 Å². The lowest BCUT2D eigenvalue weighted by Crippen LogP contribution is -2.50. The third-order valence-electron chi connectivity index (χ3n) is 5.50. The van der Waals surface area contributed by atoms with Crippen LogP contribution in [0.3, 0.4) is 0 Å². The van der Waals surface area contributed by atoms with Gasteiger partial charge in [-0.15, -0.1) is 0 Å². The highest BCUT2D eigenvalue weighted by atomic mass is 19.1. The predicted octanol–water partition coefficient (Wildman–Crippen LogP) is 2.02. The molecular weight excluding hydrogens is 397 g/mol. The van der Waals surface area contributed by atoms with Crippen LogP contribution in [0.25, 0.3) is 0 Å². The van der Waals surface area contributed by atoms with Gasteiger partial charge >= 0.3 is 0 Å². The number of halogens is 1. The molecule has 4 rings (SSSR count). The molecule has 8 heteroatoms. The molecule has 1 saturated heterocycles. The summed E-state index contributed by atoms with van der Waals surface area (Å²) in [5, 5.41) is 8.80. The van der Waals surface area contributed by atoms with Gasteiger partial charge in [-0.05, 0) is 23.8 Å². The summed E-state index contributed by atoms with van der Waals surface area (Å²) >= 11 is 0. The van der Waals surface area contributed by atoms with Crippen molar-refractivity contribution in [3.8, 4) is 0 Å². The number of nitrogens with one attached hydrogen (secondary N) is 1. The maximum Gasteiger partial charge on any atom is 0.256 e. The van der Waals surface area contributed by atoms with Crippen molar-refractivity contribution in [1.29, 1.82) is 0 Å². The van der Waals surface area contributed by atoms with Gasteiger partial charge in [-0.25, -0.2) is 9.40 Å². The van der Waals surface area contributed by atoms with E-state index in [1.807, 2.05) is 35.2 Å². The van der Waals surface area contributed by atoms with Crippen LogP contribution in [0.5, 0.6) is 0 Å². The highest BCUT2D eigenvalue weighted by molar-refractivity contribution is 6.02. The molecule has 0 saturated carbocycles. The zero-order valence-corrected chi connectivity index (χ0v) is 17.3. The number of hydrogen-bond donors (Lipinski definition) is 1. The van der Waals surface area contributed by atoms with Crippen molar-refractivity contribution in [2.45, 2.75) is 6.42 Å². The molecule has 162 valence electrons. The Balaban J connectivity index is 1.21. The summed E-state index contributed by atoms with van der Waals surface area (Å²) in [6.45, 7) is 4.00. The molecule has 2 aliphatic heterocycles. The number of nitrogens with zero attached hydrogens (tertiary/aromatic N) is 4. The van der Waals surface area contributed by atoms with E-state index >= 15 is 0 Å². The molecule has 2 aromatic carbocycles. The van der Waals surface area contributed by atoms with Gasteiger partial charge < -0.3 is 5.32 Å². The second-order valence-corrected chi connectivity index (χ2v) is 7.79. The summed E-state index contributed by atoms with van der Waals surface area (Å²) < 4.78 is 13.2. The van der Waals surface area contributed by atoms with Gasteiger partial charge in [-0.2, -0.15) is 5.10 Å². The summed E-state index contributed by atoms with van der Waals surface area (Å²) in [4.78, 5) is 29.0. The normalized spacial score (nSPS) is 17.5. The average Bonchev–Trinajstić information content (AvgIpc) is 3.26. The molecule has 0 aliphatic carbocycles. The minimum atomic E-state index is -0.380. The van der Waals surface area contributed by atoms with Crippen LogP contribution >= 0.6 is 0 Å². The Morgan fingerprint density at radius 3 is 2.32 bits per heavy atom. The molecule has 0 aromatic heterocycles. The number of anilines is 1. The van der Waals surface area contributed by atoms with E-state index in [4.69, 9.17) is 0 Å². The van der Waals surface area contributed by atoms with Gasteiger partial charge in [0.2, 0.25) is 5.91 Å². The number of amides is 2. The van der Waals surface area contributed by atoms with E-state index in [1.165, 1.54) is 12.1 Å². The van der Waals surface area contributed by atoms with Crippen molar-refractivity contribution in [3.63, 3.8) is 0 Å². The summed E-state index contributed by atoms with van der Waals surface area (Å²) in [5.74, 6) is -0.549. The van der Waals surface area contributed by atoms with Crippen molar-refractivity contribution in [2.75, 3.05) is 51.1 Å². The molecule has 0 bridgehead atoms. The number of piperazine rings is 1. The summed E-state index contributed by atoms with van der Waals surface area (Å²) in [5.41, 5.74) is 2.46. The lowest BCUT2D eigenvalue weighted by molar-refractivity contribution is -0.132. The van der Waals surface area contributed by atoms with Crippen molar-refractivity contribution in [2.24, 2.45) is 5.10 Å². The lowest BCUT2D eigenvalue weighted by atomic mass is 10.1. The van der Waals surface area contributed by atoms with Crippen LogP contribution in [0.4, 0.5) is 10.1 Å². The Morgan fingerprint density at radius 1 is 0.903 bits per heavy atom. The van der Waals surface area contributed by atoms with Crippen molar-refractivity contribution < 1.29 is 14.0 Å². The number of hydrazone groups is 1. The Bertz CT molecular complexity index is 957. The third-order valence-corrected chi connectivity index (χ3v) is 5.50. The van der Waals surface area contributed by atoms with E-state index in [0.717, 1.165) is 17.7 Å². The molecule has 0 unspecified atom stereocenters. The molecule has 2 heterocycles. The average molecular weight is 423 g/mol. The Morgan fingerprint density at radius 2 is 1.61 bits per heavy atom. The summed E-state index contributed by atoms with van der Waals surface area (Å²) in [6.07, 6.45) is 0.768. The fourth-order valence-electron chi connectivity index (χ4n) is 3.82. The molecular formula is C23H26FN5O2. The first kappa shape index (κ1) is 21.1. The standard InChI is InChI=1S/C23H26FN5O2/c24-19-7-4-8-20(15-19)25-22(30)16-27-11-13-28(14-12-27)17-23(31)29-10-9-21(26-29)18-5-2-1-3-6-18/h1-8,15H,9-14,16-17H2,(H,25,30). The van der Waals surface area contributed by atoms with Crippen molar-refractivity contribution in [1.82, 2.24) is 14.8 Å². The van der Waals surface area contributed by atoms with Crippen LogP contribution < -0.4 is 5.32 Å². The first-order valence-corrected chi connectivity index (χ1v) is 10.5. The number of hydrogen-bond acceptors (Lipinski definition) is 5. The summed E-state index contributed by atoms with van der Waals surface area (Å²) in [6, 6.07) is 15.8. The molecule has 31 heavy (non-hydrogen) atoms. The van der Waals surface area contributed by atoms with E-state index in [2.05, 4.69) is 15.3 Å². The Labute approximate surface area is 181 Å². The molecule has 1 fully saturated rings. The number of carbonyl (C=O) groups is 2. The minimum absolute atomic E-state index is 0.00299. The molecule has 0 spiro atoms. The molecule has 7 nitrogen and oxygen atoms in total. The van der Waals surface area contributed by atoms with E-state index < -0.39 is 0 Å². The van der Waals surface area contributed by atoms with Gasteiger partial charge in [-0.1, -0.05) is 36.4 Å². The maximum atomic E-state index is 13.2. The van der Waals surface area contributed by atoms with Gasteiger partial charge in [0.15, 0.2) is 0 Å². The van der Waals surface area contributed by atoms with Crippen LogP contribution in [0, 0.1) is 5.82 Å². The maximum absolute atomic E-state index is 13.2. The number of benzene rings is 2. The van der Waals surface area contributed by atoms with Crippen LogP contribution in [-0.2, 0) is 9.59 Å². The zero-order chi connectivity index (χ0) is 21.6. The van der Waals surface area contributed by atoms with Crippen LogP contribution in [-0.4, -0.2) is 78.1 Å². The lowest BCUT2D eigenvalue weighted by Gasteiger charge is -2.34. The fraction of sp³-hybridized carbons (Fsp3) is 0.348. The smallest absolute Gasteiger partial charge is 0.256 e. The Hall–Kier alpha value is -3.10. The second kappa shape index (κ2) is 9.80. The van der Waals surface area contributed by atoms with Crippen molar-refractivity contribution in [3.05, 3.63) is 66.0 Å². The van der Waals surface area contributed by atoms with Gasteiger partial charge in [0.25, 0.3) is 5.91 Å². The zero-order valence-electron chi connectivity index (χ0n) is 17.3. The van der Waals surface area contributed by atoms with Crippen LogP contribution in [0.2, 0.25) is 0 Å². The largest absolute Gasteiger partial charge is 0.325 e. The van der Waals surface area contributed by atoms with E-state index in [-0.39, 0.29) is 24.2 Å². The number of rotatable bonds is 6. The van der Waals surface area contributed by atoms with E-state index in [0.29, 0.717) is 45.0 Å². The summed E-state index contributed by atoms with van der Waals surface area (Å²) in [7, 11) is 0. The minimum Gasteiger partial charge on any atom is -0.325 e. The SMILES string of the molecule is O=C(CN1CCN(CC(=O)N2CCC(c3ccccc3)=N2)CC1)Nc1cccc(F)c1. The van der Waals surface area contributed by atoms with Crippen molar-refractivity contribution >= 4 is 23.2 Å². The molecule has 0 atom stereocenters. The first-order chi connectivity index (χ1) is 15.1. The molecule has 2 aliphatic rings. The number of carbonyl (C=O) groups excluding carboxylic acids is 2. The highest BCUT2D eigenvalue weighted by Gasteiger charge is 2.25. The third kappa shape index (κ3) is 5.74. The predicted molar refractivity (Wildman–Crippen MR) is 117 cm³/mol. The van der Waals surface area contributed by atoms with Gasteiger partial charge in [0, 0.05) is 38.3 Å². The second-order valence-electron chi connectivity index (χ2n) is 7.79.